The summed E-state index contributed by atoms with van der Waals surface area (Å²) in [6.07, 6.45) is 0.688. The fraction of sp³-hybridized carbons (Fsp3) is 0.350. The molecule has 0 aliphatic rings. The number of hydrogen-bond donors (Lipinski definition) is 2. The smallest absolute Gasteiger partial charge is 0.191 e. The van der Waals surface area contributed by atoms with Crippen LogP contribution in [0.25, 0.3) is 0 Å². The van der Waals surface area contributed by atoms with Crippen LogP contribution in [0.5, 0.6) is 17.2 Å². The van der Waals surface area contributed by atoms with E-state index in [1.807, 2.05) is 6.07 Å². The Labute approximate surface area is 159 Å². The van der Waals surface area contributed by atoms with E-state index >= 15 is 0 Å². The number of guanidine groups is 1. The number of rotatable bonds is 8. The topological polar surface area (TPSA) is 64.1 Å². The molecule has 0 bridgehead atoms. The standard InChI is InChI=1S/C20H26FN3O3/c1-22-20(23-9-8-14-6-5-7-15(21)10-14)24-13-17-18(26-3)11-16(25-2)12-19(17)27-4/h5-7,10-12H,8-9,13H2,1-4H3,(H2,22,23,24). The number of ether oxygens (including phenoxy) is 3. The molecule has 0 spiro atoms. The van der Waals surface area contributed by atoms with Crippen molar-refractivity contribution in [2.45, 2.75) is 13.0 Å². The minimum atomic E-state index is -0.228. The van der Waals surface area contributed by atoms with Gasteiger partial charge >= 0.3 is 0 Å². The second-order valence-corrected chi connectivity index (χ2v) is 5.74. The van der Waals surface area contributed by atoms with Crippen LogP contribution in [0, 0.1) is 5.82 Å². The zero-order valence-corrected chi connectivity index (χ0v) is 16.1. The van der Waals surface area contributed by atoms with Crippen molar-refractivity contribution in [3.05, 3.63) is 53.3 Å². The van der Waals surface area contributed by atoms with Gasteiger partial charge in [-0.15, -0.1) is 0 Å². The largest absolute Gasteiger partial charge is 0.496 e. The Bertz CT molecular complexity index is 756. The van der Waals surface area contributed by atoms with Gasteiger partial charge in [0.2, 0.25) is 0 Å². The van der Waals surface area contributed by atoms with Gasteiger partial charge in [0.05, 0.1) is 33.4 Å². The summed E-state index contributed by atoms with van der Waals surface area (Å²) in [5.41, 5.74) is 1.78. The molecule has 7 heteroatoms. The van der Waals surface area contributed by atoms with Gasteiger partial charge in [-0.2, -0.15) is 0 Å². The molecule has 0 heterocycles. The van der Waals surface area contributed by atoms with Crippen molar-refractivity contribution in [1.82, 2.24) is 10.6 Å². The van der Waals surface area contributed by atoms with Gasteiger partial charge in [-0.1, -0.05) is 12.1 Å². The van der Waals surface area contributed by atoms with Crippen molar-refractivity contribution >= 4 is 5.96 Å². The summed E-state index contributed by atoms with van der Waals surface area (Å²) in [6.45, 7) is 1.08. The van der Waals surface area contributed by atoms with Crippen LogP contribution in [-0.2, 0) is 13.0 Å². The Morgan fingerprint density at radius 2 is 1.70 bits per heavy atom. The maximum Gasteiger partial charge on any atom is 0.191 e. The summed E-state index contributed by atoms with van der Waals surface area (Å²) in [7, 11) is 6.49. The normalized spacial score (nSPS) is 11.1. The molecule has 0 unspecified atom stereocenters. The fourth-order valence-electron chi connectivity index (χ4n) is 2.66. The number of methoxy groups -OCH3 is 3. The fourth-order valence-corrected chi connectivity index (χ4v) is 2.66. The van der Waals surface area contributed by atoms with Gasteiger partial charge in [-0.3, -0.25) is 4.99 Å². The molecule has 2 aromatic rings. The maximum absolute atomic E-state index is 13.2. The van der Waals surface area contributed by atoms with E-state index in [4.69, 9.17) is 14.2 Å². The SMILES string of the molecule is CN=C(NCCc1cccc(F)c1)NCc1c(OC)cc(OC)cc1OC. The molecular weight excluding hydrogens is 349 g/mol. The van der Waals surface area contributed by atoms with Gasteiger partial charge in [0.1, 0.15) is 23.1 Å². The highest BCUT2D eigenvalue weighted by Crippen LogP contribution is 2.33. The van der Waals surface area contributed by atoms with E-state index in [2.05, 4.69) is 15.6 Å². The van der Waals surface area contributed by atoms with E-state index in [-0.39, 0.29) is 5.82 Å². The number of hydrogen-bond acceptors (Lipinski definition) is 4. The lowest BCUT2D eigenvalue weighted by Gasteiger charge is -2.17. The zero-order valence-electron chi connectivity index (χ0n) is 16.1. The summed E-state index contributed by atoms with van der Waals surface area (Å²) in [4.78, 5) is 4.21. The monoisotopic (exact) mass is 375 g/mol. The van der Waals surface area contributed by atoms with Gasteiger partial charge < -0.3 is 24.8 Å². The first-order chi connectivity index (χ1) is 13.1. The predicted molar refractivity (Wildman–Crippen MR) is 104 cm³/mol. The van der Waals surface area contributed by atoms with Crippen molar-refractivity contribution in [2.24, 2.45) is 4.99 Å². The minimum absolute atomic E-state index is 0.228. The van der Waals surface area contributed by atoms with E-state index in [1.165, 1.54) is 12.1 Å². The Morgan fingerprint density at radius 1 is 1.00 bits per heavy atom. The van der Waals surface area contributed by atoms with Crippen LogP contribution in [0.3, 0.4) is 0 Å². The molecular formula is C20H26FN3O3. The van der Waals surface area contributed by atoms with Gasteiger partial charge in [0, 0.05) is 25.7 Å². The van der Waals surface area contributed by atoms with Crippen molar-refractivity contribution in [3.8, 4) is 17.2 Å². The van der Waals surface area contributed by atoms with E-state index in [0.29, 0.717) is 42.7 Å². The molecule has 0 saturated carbocycles. The molecule has 2 N–H and O–H groups in total. The summed E-state index contributed by atoms with van der Waals surface area (Å²) in [5, 5.41) is 6.45. The Balaban J connectivity index is 1.97. The molecule has 0 aromatic heterocycles. The van der Waals surface area contributed by atoms with Crippen LogP contribution in [0.15, 0.2) is 41.4 Å². The highest BCUT2D eigenvalue weighted by Gasteiger charge is 2.13. The highest BCUT2D eigenvalue weighted by atomic mass is 19.1. The lowest BCUT2D eigenvalue weighted by Crippen LogP contribution is -2.38. The third-order valence-electron chi connectivity index (χ3n) is 4.07. The molecule has 0 amide bonds. The van der Waals surface area contributed by atoms with Crippen molar-refractivity contribution in [1.29, 1.82) is 0 Å². The first-order valence-corrected chi connectivity index (χ1v) is 8.59. The molecule has 0 atom stereocenters. The molecule has 6 nitrogen and oxygen atoms in total. The zero-order chi connectivity index (χ0) is 19.6. The second-order valence-electron chi connectivity index (χ2n) is 5.74. The highest BCUT2D eigenvalue weighted by molar-refractivity contribution is 5.79. The number of nitrogens with one attached hydrogen (secondary N) is 2. The van der Waals surface area contributed by atoms with Crippen LogP contribution in [0.4, 0.5) is 4.39 Å². The summed E-state index contributed by atoms with van der Waals surface area (Å²) in [5.74, 6) is 2.38. The lowest BCUT2D eigenvalue weighted by molar-refractivity contribution is 0.368. The van der Waals surface area contributed by atoms with Crippen molar-refractivity contribution in [3.63, 3.8) is 0 Å². The minimum Gasteiger partial charge on any atom is -0.496 e. The average Bonchev–Trinajstić information content (AvgIpc) is 2.69. The average molecular weight is 375 g/mol. The number of aliphatic imine (C=N–C) groups is 1. The summed E-state index contributed by atoms with van der Waals surface area (Å²) < 4.78 is 29.4. The van der Waals surface area contributed by atoms with Crippen LogP contribution in [0.2, 0.25) is 0 Å². The van der Waals surface area contributed by atoms with E-state index < -0.39 is 0 Å². The number of halogens is 1. The van der Waals surface area contributed by atoms with E-state index in [9.17, 15) is 4.39 Å². The first kappa shape index (κ1) is 20.4. The van der Waals surface area contributed by atoms with Gasteiger partial charge in [-0.05, 0) is 24.1 Å². The van der Waals surface area contributed by atoms with Crippen molar-refractivity contribution in [2.75, 3.05) is 34.9 Å². The third-order valence-corrected chi connectivity index (χ3v) is 4.07. The molecule has 0 aliphatic carbocycles. The summed E-state index contributed by atoms with van der Waals surface area (Å²) >= 11 is 0. The first-order valence-electron chi connectivity index (χ1n) is 8.59. The number of nitrogens with zero attached hydrogens (tertiary/aromatic N) is 1. The van der Waals surface area contributed by atoms with Gasteiger partial charge in [0.15, 0.2) is 5.96 Å². The van der Waals surface area contributed by atoms with Crippen LogP contribution in [-0.4, -0.2) is 40.9 Å². The molecule has 2 aromatic carbocycles. The van der Waals surface area contributed by atoms with Gasteiger partial charge in [-0.25, -0.2) is 4.39 Å². The Kier molecular flexibility index (Phi) is 7.73. The molecule has 0 saturated heterocycles. The third kappa shape index (κ3) is 5.77. The summed E-state index contributed by atoms with van der Waals surface area (Å²) in [6, 6.07) is 10.2. The predicted octanol–water partition coefficient (Wildman–Crippen LogP) is 2.76. The second kappa shape index (κ2) is 10.3. The van der Waals surface area contributed by atoms with E-state index in [0.717, 1.165) is 11.1 Å². The number of benzene rings is 2. The molecule has 27 heavy (non-hydrogen) atoms. The quantitative estimate of drug-likeness (QED) is 0.549. The molecule has 0 fully saturated rings. The molecule has 2 rings (SSSR count). The van der Waals surface area contributed by atoms with Gasteiger partial charge in [0.25, 0.3) is 0 Å². The lowest BCUT2D eigenvalue weighted by atomic mass is 10.1. The van der Waals surface area contributed by atoms with E-state index in [1.54, 1.807) is 46.6 Å². The van der Waals surface area contributed by atoms with Crippen molar-refractivity contribution < 1.29 is 18.6 Å². The van der Waals surface area contributed by atoms with Crippen LogP contribution < -0.4 is 24.8 Å². The maximum atomic E-state index is 13.2. The van der Waals surface area contributed by atoms with Crippen LogP contribution in [0.1, 0.15) is 11.1 Å². The molecule has 0 aliphatic heterocycles. The molecule has 146 valence electrons. The molecule has 0 radical (unpaired) electrons. The van der Waals surface area contributed by atoms with Crippen LogP contribution >= 0.6 is 0 Å². The Morgan fingerprint density at radius 3 is 2.26 bits per heavy atom. The Hall–Kier alpha value is -2.96.